The van der Waals surface area contributed by atoms with Gasteiger partial charge in [0.1, 0.15) is 0 Å². The van der Waals surface area contributed by atoms with E-state index >= 15 is 0 Å². The molecule has 1 aliphatic rings. The zero-order valence-corrected chi connectivity index (χ0v) is 12.5. The number of nitrogens with two attached hydrogens (primary N) is 1. The van der Waals surface area contributed by atoms with E-state index in [0.29, 0.717) is 5.41 Å². The molecule has 1 aromatic heterocycles. The first-order valence-corrected chi connectivity index (χ1v) is 7.26. The highest BCUT2D eigenvalue weighted by molar-refractivity contribution is 5.73. The number of aryl methyl sites for hydroxylation is 1. The van der Waals surface area contributed by atoms with Gasteiger partial charge in [0.2, 0.25) is 0 Å². The summed E-state index contributed by atoms with van der Waals surface area (Å²) in [5.41, 5.74) is 9.16. The number of hydrogen-bond acceptors (Lipinski definition) is 5. The van der Waals surface area contributed by atoms with Gasteiger partial charge in [0.15, 0.2) is 5.82 Å². The number of para-hydroxylation sites is 1. The molecule has 0 saturated heterocycles. The van der Waals surface area contributed by atoms with Gasteiger partial charge in [-0.25, -0.2) is 4.68 Å². The fraction of sp³-hybridized carbons (Fsp3) is 0.533. The van der Waals surface area contributed by atoms with Crippen LogP contribution in [0.3, 0.4) is 0 Å². The van der Waals surface area contributed by atoms with Crippen LogP contribution in [0.5, 0.6) is 0 Å². The topological polar surface area (TPSA) is 78.8 Å². The van der Waals surface area contributed by atoms with Gasteiger partial charge in [-0.3, -0.25) is 0 Å². The van der Waals surface area contributed by atoms with Gasteiger partial charge in [-0.05, 0) is 53.7 Å². The molecule has 0 spiro atoms. The van der Waals surface area contributed by atoms with Crippen molar-refractivity contribution in [2.75, 3.05) is 19.5 Å². The summed E-state index contributed by atoms with van der Waals surface area (Å²) >= 11 is 0. The Labute approximate surface area is 124 Å². The molecule has 1 aromatic carbocycles. The molecule has 0 unspecified atom stereocenters. The van der Waals surface area contributed by atoms with Crippen molar-refractivity contribution in [1.82, 2.24) is 20.2 Å². The number of benzene rings is 1. The van der Waals surface area contributed by atoms with Crippen LogP contribution in [0.1, 0.15) is 24.8 Å². The molecular weight excluding hydrogens is 266 g/mol. The normalized spacial score (nSPS) is 16.1. The van der Waals surface area contributed by atoms with Gasteiger partial charge in [0.05, 0.1) is 6.54 Å². The minimum Gasteiger partial charge on any atom is -0.398 e. The van der Waals surface area contributed by atoms with Gasteiger partial charge in [-0.1, -0.05) is 12.1 Å². The van der Waals surface area contributed by atoms with Crippen molar-refractivity contribution in [3.05, 3.63) is 23.8 Å². The molecule has 1 fully saturated rings. The third-order valence-electron chi connectivity index (χ3n) is 4.38. The molecule has 1 aliphatic carbocycles. The maximum Gasteiger partial charge on any atom is 0.184 e. The van der Waals surface area contributed by atoms with Crippen molar-refractivity contribution in [2.45, 2.75) is 32.7 Å². The maximum absolute atomic E-state index is 6.17. The van der Waals surface area contributed by atoms with Gasteiger partial charge in [0.25, 0.3) is 0 Å². The summed E-state index contributed by atoms with van der Waals surface area (Å²) in [5.74, 6) is 0.750. The first-order chi connectivity index (χ1) is 10.2. The molecule has 3 rings (SSSR count). The van der Waals surface area contributed by atoms with E-state index in [-0.39, 0.29) is 0 Å². The van der Waals surface area contributed by atoms with Gasteiger partial charge >= 0.3 is 0 Å². The van der Waals surface area contributed by atoms with Crippen molar-refractivity contribution in [1.29, 1.82) is 0 Å². The van der Waals surface area contributed by atoms with E-state index in [9.17, 15) is 0 Å². The number of rotatable bonds is 6. The average molecular weight is 287 g/mol. The molecular formula is C15H21N5O. The highest BCUT2D eigenvalue weighted by Crippen LogP contribution is 2.50. The summed E-state index contributed by atoms with van der Waals surface area (Å²) in [5, 5.41) is 12.2. The molecule has 6 heteroatoms. The highest BCUT2D eigenvalue weighted by Gasteiger charge is 2.43. The molecule has 2 aromatic rings. The predicted octanol–water partition coefficient (Wildman–Crippen LogP) is 2.05. The standard InChI is InChI=1S/C15H21N5O/c1-11-4-3-5-12(13(11)16)14-17-18-19-20(14)10-15(6-7-15)8-9-21-2/h3-5H,6-10,16H2,1-2H3. The van der Waals surface area contributed by atoms with Crippen LogP contribution in [0.25, 0.3) is 11.4 Å². The van der Waals surface area contributed by atoms with E-state index in [1.807, 2.05) is 29.8 Å². The van der Waals surface area contributed by atoms with Crippen molar-refractivity contribution < 1.29 is 4.74 Å². The summed E-state index contributed by atoms with van der Waals surface area (Å²) in [6.45, 7) is 3.60. The van der Waals surface area contributed by atoms with Crippen LogP contribution < -0.4 is 5.73 Å². The Balaban J connectivity index is 1.86. The lowest BCUT2D eigenvalue weighted by molar-refractivity contribution is 0.165. The van der Waals surface area contributed by atoms with Crippen molar-refractivity contribution >= 4 is 5.69 Å². The first kappa shape index (κ1) is 14.0. The lowest BCUT2D eigenvalue weighted by Crippen LogP contribution is -2.16. The van der Waals surface area contributed by atoms with E-state index < -0.39 is 0 Å². The number of nitrogen functional groups attached to an aromatic ring is 1. The molecule has 21 heavy (non-hydrogen) atoms. The van der Waals surface area contributed by atoms with Crippen LogP contribution in [0.15, 0.2) is 18.2 Å². The Bertz CT molecular complexity index is 633. The average Bonchev–Trinajstić information content (AvgIpc) is 3.09. The third kappa shape index (κ3) is 2.76. The molecule has 0 aliphatic heterocycles. The Hall–Kier alpha value is -1.95. The fourth-order valence-electron chi connectivity index (χ4n) is 2.68. The van der Waals surface area contributed by atoms with E-state index in [1.165, 1.54) is 12.8 Å². The zero-order chi connectivity index (χ0) is 14.9. The van der Waals surface area contributed by atoms with Crippen LogP contribution in [0.2, 0.25) is 0 Å². The summed E-state index contributed by atoms with van der Waals surface area (Å²) in [6.07, 6.45) is 3.46. The molecule has 112 valence electrons. The number of aromatic nitrogens is 4. The van der Waals surface area contributed by atoms with Crippen molar-refractivity contribution in [3.63, 3.8) is 0 Å². The largest absolute Gasteiger partial charge is 0.398 e. The second-order valence-corrected chi connectivity index (χ2v) is 5.94. The minimum absolute atomic E-state index is 0.290. The zero-order valence-electron chi connectivity index (χ0n) is 12.5. The van der Waals surface area contributed by atoms with Gasteiger partial charge in [0, 0.05) is 25.0 Å². The molecule has 0 atom stereocenters. The molecule has 0 radical (unpaired) electrons. The predicted molar refractivity (Wildman–Crippen MR) is 80.6 cm³/mol. The Morgan fingerprint density at radius 3 is 2.90 bits per heavy atom. The summed E-state index contributed by atoms with van der Waals surface area (Å²) < 4.78 is 7.09. The number of nitrogens with zero attached hydrogens (tertiary/aromatic N) is 4. The lowest BCUT2D eigenvalue weighted by Gasteiger charge is -2.15. The second-order valence-electron chi connectivity index (χ2n) is 5.94. The first-order valence-electron chi connectivity index (χ1n) is 7.26. The van der Waals surface area contributed by atoms with Crippen molar-refractivity contribution in [3.8, 4) is 11.4 Å². The lowest BCUT2D eigenvalue weighted by atomic mass is 10.0. The fourth-order valence-corrected chi connectivity index (χ4v) is 2.68. The minimum atomic E-state index is 0.290. The smallest absolute Gasteiger partial charge is 0.184 e. The van der Waals surface area contributed by atoms with E-state index in [2.05, 4.69) is 15.5 Å². The van der Waals surface area contributed by atoms with Crippen molar-refractivity contribution in [2.24, 2.45) is 5.41 Å². The van der Waals surface area contributed by atoms with Crippen LogP contribution in [0, 0.1) is 12.3 Å². The van der Waals surface area contributed by atoms with E-state index in [0.717, 1.165) is 42.2 Å². The number of tetrazole rings is 1. The number of methoxy groups -OCH3 is 1. The molecule has 6 nitrogen and oxygen atoms in total. The summed E-state index contributed by atoms with van der Waals surface area (Å²) in [7, 11) is 1.74. The summed E-state index contributed by atoms with van der Waals surface area (Å²) in [4.78, 5) is 0. The Kier molecular flexibility index (Phi) is 3.63. The maximum atomic E-state index is 6.17. The molecule has 1 heterocycles. The molecule has 0 amide bonds. The Morgan fingerprint density at radius 2 is 2.19 bits per heavy atom. The SMILES string of the molecule is COCCC1(Cn2nnnc2-c2cccc(C)c2N)CC1. The molecule has 0 bridgehead atoms. The molecule has 1 saturated carbocycles. The van der Waals surface area contributed by atoms with E-state index in [4.69, 9.17) is 10.5 Å². The number of anilines is 1. The van der Waals surface area contributed by atoms with E-state index in [1.54, 1.807) is 7.11 Å². The third-order valence-corrected chi connectivity index (χ3v) is 4.38. The Morgan fingerprint density at radius 1 is 1.38 bits per heavy atom. The summed E-state index contributed by atoms with van der Waals surface area (Å²) in [6, 6.07) is 5.95. The quantitative estimate of drug-likeness (QED) is 0.823. The number of hydrogen-bond donors (Lipinski definition) is 1. The van der Waals surface area contributed by atoms with Crippen LogP contribution in [-0.2, 0) is 11.3 Å². The second kappa shape index (κ2) is 5.44. The van der Waals surface area contributed by atoms with Crippen LogP contribution in [0.4, 0.5) is 5.69 Å². The number of ether oxygens (including phenoxy) is 1. The van der Waals surface area contributed by atoms with Gasteiger partial charge in [-0.15, -0.1) is 5.10 Å². The molecule has 2 N–H and O–H groups in total. The van der Waals surface area contributed by atoms with Gasteiger partial charge < -0.3 is 10.5 Å². The van der Waals surface area contributed by atoms with Crippen LogP contribution in [-0.4, -0.2) is 33.9 Å². The van der Waals surface area contributed by atoms with Crippen LogP contribution >= 0.6 is 0 Å². The monoisotopic (exact) mass is 287 g/mol. The van der Waals surface area contributed by atoms with Gasteiger partial charge in [-0.2, -0.15) is 0 Å². The highest BCUT2D eigenvalue weighted by atomic mass is 16.5.